The molecule has 3 fully saturated rings. The van der Waals surface area contributed by atoms with Gasteiger partial charge in [-0.15, -0.1) is 0 Å². The van der Waals surface area contributed by atoms with E-state index < -0.39 is 0 Å². The lowest BCUT2D eigenvalue weighted by atomic mass is 9.88. The van der Waals surface area contributed by atoms with Crippen molar-refractivity contribution < 1.29 is 9.59 Å². The number of benzene rings is 1. The minimum atomic E-state index is -0.290. The molecule has 0 radical (unpaired) electrons. The van der Waals surface area contributed by atoms with Crippen LogP contribution in [0.4, 0.5) is 0 Å². The maximum absolute atomic E-state index is 13.2. The molecule has 5 nitrogen and oxygen atoms in total. The van der Waals surface area contributed by atoms with Crippen molar-refractivity contribution in [3.8, 4) is 0 Å². The minimum Gasteiger partial charge on any atom is -0.342 e. The van der Waals surface area contributed by atoms with E-state index >= 15 is 0 Å². The molecule has 0 spiro atoms. The molecule has 2 amide bonds. The van der Waals surface area contributed by atoms with E-state index in [9.17, 15) is 9.59 Å². The average molecular weight is 454 g/mol. The highest BCUT2D eigenvalue weighted by molar-refractivity contribution is 5.81. The molecule has 3 aliphatic heterocycles. The quantitative estimate of drug-likeness (QED) is 0.686. The summed E-state index contributed by atoms with van der Waals surface area (Å²) in [6.45, 7) is 11.7. The largest absolute Gasteiger partial charge is 0.342 e. The van der Waals surface area contributed by atoms with Crippen molar-refractivity contribution in [2.45, 2.75) is 71.8 Å². The zero-order valence-corrected chi connectivity index (χ0v) is 21.0. The van der Waals surface area contributed by atoms with Gasteiger partial charge < -0.3 is 14.7 Å². The van der Waals surface area contributed by atoms with Gasteiger partial charge in [-0.3, -0.25) is 9.59 Å². The van der Waals surface area contributed by atoms with Gasteiger partial charge in [0.15, 0.2) is 0 Å². The zero-order chi connectivity index (χ0) is 23.4. The first-order valence-electron chi connectivity index (χ1n) is 13.2. The summed E-state index contributed by atoms with van der Waals surface area (Å²) >= 11 is 0. The van der Waals surface area contributed by atoms with E-state index in [-0.39, 0.29) is 17.2 Å². The number of rotatable bonds is 4. The van der Waals surface area contributed by atoms with Crippen LogP contribution < -0.4 is 0 Å². The number of piperidine rings is 3. The topological polar surface area (TPSA) is 43.9 Å². The Balaban J connectivity index is 1.17. The molecule has 182 valence electrons. The molecule has 0 unspecified atom stereocenters. The van der Waals surface area contributed by atoms with Crippen molar-refractivity contribution in [3.63, 3.8) is 0 Å². The molecular weight excluding hydrogens is 410 g/mol. The highest BCUT2D eigenvalue weighted by Gasteiger charge is 2.35. The number of carbonyl (C=O) groups excluding carboxylic acids is 2. The first-order valence-corrected chi connectivity index (χ1v) is 13.2. The highest BCUT2D eigenvalue weighted by Crippen LogP contribution is 2.29. The van der Waals surface area contributed by atoms with Gasteiger partial charge in [0.1, 0.15) is 0 Å². The first-order chi connectivity index (χ1) is 15.8. The van der Waals surface area contributed by atoms with Crippen LogP contribution in [0.2, 0.25) is 0 Å². The van der Waals surface area contributed by atoms with Crippen LogP contribution in [0.3, 0.4) is 0 Å². The molecule has 1 aromatic carbocycles. The van der Waals surface area contributed by atoms with Crippen molar-refractivity contribution in [2.75, 3.05) is 39.3 Å². The fraction of sp³-hybridized carbons (Fsp3) is 0.714. The normalized spacial score (nSPS) is 22.5. The predicted molar refractivity (Wildman–Crippen MR) is 133 cm³/mol. The molecular formula is C28H43N3O2. The van der Waals surface area contributed by atoms with Crippen LogP contribution in [0.5, 0.6) is 0 Å². The van der Waals surface area contributed by atoms with Crippen molar-refractivity contribution in [2.24, 2.45) is 17.3 Å². The van der Waals surface area contributed by atoms with E-state index in [1.165, 1.54) is 5.56 Å². The molecule has 0 aliphatic carbocycles. The number of hydrogen-bond donors (Lipinski definition) is 0. The molecule has 3 heterocycles. The fourth-order valence-corrected chi connectivity index (χ4v) is 5.98. The van der Waals surface area contributed by atoms with Crippen LogP contribution in [0.1, 0.15) is 64.9 Å². The summed E-state index contributed by atoms with van der Waals surface area (Å²) in [7, 11) is 0. The van der Waals surface area contributed by atoms with Gasteiger partial charge in [-0.1, -0.05) is 51.1 Å². The molecule has 0 saturated carbocycles. The van der Waals surface area contributed by atoms with Gasteiger partial charge in [-0.2, -0.15) is 0 Å². The van der Waals surface area contributed by atoms with Crippen LogP contribution in [0, 0.1) is 17.3 Å². The molecule has 4 rings (SSSR count). The number of nitrogens with zero attached hydrogens (tertiary/aromatic N) is 3. The van der Waals surface area contributed by atoms with Crippen molar-refractivity contribution in [1.29, 1.82) is 0 Å². The Bertz CT molecular complexity index is 779. The smallest absolute Gasteiger partial charge is 0.227 e. The summed E-state index contributed by atoms with van der Waals surface area (Å²) in [6, 6.07) is 11.3. The fourth-order valence-electron chi connectivity index (χ4n) is 5.98. The highest BCUT2D eigenvalue weighted by atomic mass is 16.2. The summed E-state index contributed by atoms with van der Waals surface area (Å²) in [5.41, 5.74) is 1.13. The van der Waals surface area contributed by atoms with Crippen LogP contribution in [-0.4, -0.2) is 71.8 Å². The molecule has 0 bridgehead atoms. The lowest BCUT2D eigenvalue weighted by Gasteiger charge is -2.43. The van der Waals surface area contributed by atoms with E-state index in [1.807, 2.05) is 25.7 Å². The summed E-state index contributed by atoms with van der Waals surface area (Å²) in [4.78, 5) is 32.5. The Morgan fingerprint density at radius 1 is 0.788 bits per heavy atom. The number of amides is 2. The molecule has 0 atom stereocenters. The maximum Gasteiger partial charge on any atom is 0.227 e. The summed E-state index contributed by atoms with van der Waals surface area (Å²) in [6.07, 6.45) is 7.51. The molecule has 5 heteroatoms. The van der Waals surface area contributed by atoms with E-state index in [2.05, 4.69) is 40.1 Å². The maximum atomic E-state index is 13.2. The Labute approximate surface area is 200 Å². The van der Waals surface area contributed by atoms with Gasteiger partial charge in [0.25, 0.3) is 0 Å². The van der Waals surface area contributed by atoms with Gasteiger partial charge >= 0.3 is 0 Å². The monoisotopic (exact) mass is 453 g/mol. The van der Waals surface area contributed by atoms with Gasteiger partial charge in [0.05, 0.1) is 0 Å². The van der Waals surface area contributed by atoms with E-state index in [4.69, 9.17) is 0 Å². The summed E-state index contributed by atoms with van der Waals surface area (Å²) in [5.74, 6) is 1.58. The molecule has 3 aliphatic rings. The first kappa shape index (κ1) is 24.3. The van der Waals surface area contributed by atoms with Crippen LogP contribution in [0.25, 0.3) is 0 Å². The lowest BCUT2D eigenvalue weighted by molar-refractivity contribution is -0.142. The number of carbonyl (C=O) groups is 2. The third-order valence-corrected chi connectivity index (χ3v) is 8.08. The lowest BCUT2D eigenvalue weighted by Crippen LogP contribution is -2.52. The number of likely N-dealkylation sites (tertiary alicyclic amines) is 3. The third kappa shape index (κ3) is 6.17. The molecule has 0 aromatic heterocycles. The van der Waals surface area contributed by atoms with Crippen LogP contribution >= 0.6 is 0 Å². The standard InChI is InChI=1S/C28H43N3O2/c1-28(2,3)27(33)31-19-13-25(14-20-31)29-17-11-24(12-18-29)26(32)30-15-9-23(10-16-30)21-22-7-5-4-6-8-22/h4-8,23-25H,9-21H2,1-3H3. The zero-order valence-electron chi connectivity index (χ0n) is 21.0. The van der Waals surface area contributed by atoms with E-state index in [0.717, 1.165) is 84.2 Å². The van der Waals surface area contributed by atoms with Gasteiger partial charge in [-0.05, 0) is 69.5 Å². The van der Waals surface area contributed by atoms with Crippen molar-refractivity contribution >= 4 is 11.8 Å². The van der Waals surface area contributed by atoms with Gasteiger partial charge in [0.2, 0.25) is 11.8 Å². The van der Waals surface area contributed by atoms with E-state index in [0.29, 0.717) is 17.9 Å². The Hall–Kier alpha value is -1.88. The second kappa shape index (κ2) is 10.6. The Morgan fingerprint density at radius 2 is 1.36 bits per heavy atom. The SMILES string of the molecule is CC(C)(C)C(=O)N1CCC(N2CCC(C(=O)N3CCC(Cc4ccccc4)CC3)CC2)CC1. The molecule has 33 heavy (non-hydrogen) atoms. The van der Waals surface area contributed by atoms with Crippen LogP contribution in [0.15, 0.2) is 30.3 Å². The van der Waals surface area contributed by atoms with Crippen LogP contribution in [-0.2, 0) is 16.0 Å². The minimum absolute atomic E-state index is 0.203. The average Bonchev–Trinajstić information content (AvgIpc) is 2.84. The Morgan fingerprint density at radius 3 is 1.94 bits per heavy atom. The van der Waals surface area contributed by atoms with Crippen molar-refractivity contribution in [1.82, 2.24) is 14.7 Å². The molecule has 0 N–H and O–H groups in total. The Kier molecular flexibility index (Phi) is 7.78. The second-order valence-electron chi connectivity index (χ2n) is 11.5. The van der Waals surface area contributed by atoms with Crippen molar-refractivity contribution in [3.05, 3.63) is 35.9 Å². The second-order valence-corrected chi connectivity index (χ2v) is 11.5. The van der Waals surface area contributed by atoms with Gasteiger partial charge in [-0.25, -0.2) is 0 Å². The predicted octanol–water partition coefficient (Wildman–Crippen LogP) is 4.22. The van der Waals surface area contributed by atoms with Gasteiger partial charge in [0, 0.05) is 43.6 Å². The summed E-state index contributed by atoms with van der Waals surface area (Å²) < 4.78 is 0. The molecule has 1 aromatic rings. The summed E-state index contributed by atoms with van der Waals surface area (Å²) in [5, 5.41) is 0. The number of hydrogen-bond acceptors (Lipinski definition) is 3. The molecule has 3 saturated heterocycles. The third-order valence-electron chi connectivity index (χ3n) is 8.08. The van der Waals surface area contributed by atoms with E-state index in [1.54, 1.807) is 0 Å².